The average molecular weight is 543 g/mol. The van der Waals surface area contributed by atoms with E-state index in [9.17, 15) is 19.5 Å². The van der Waals surface area contributed by atoms with E-state index in [1.54, 1.807) is 5.51 Å². The SMILES string of the molecule is NCCON=C(C(=O)NC1C(=O)N2C(C(=O)O)=C(CSc3nncs3)CS[C@@H]12)c1csc(N)n1. The summed E-state index contributed by atoms with van der Waals surface area (Å²) in [5.41, 5.74) is 13.2. The number of β-lactam (4-membered cyclic amide) rings is 1. The topological polar surface area (TPSA) is 199 Å². The number of aromatic nitrogens is 3. The highest BCUT2D eigenvalue weighted by Gasteiger charge is 2.54. The van der Waals surface area contributed by atoms with Gasteiger partial charge in [-0.15, -0.1) is 33.3 Å². The summed E-state index contributed by atoms with van der Waals surface area (Å²) in [6.45, 7) is 0.270. The first kappa shape index (κ1) is 24.4. The summed E-state index contributed by atoms with van der Waals surface area (Å²) >= 11 is 5.19. The van der Waals surface area contributed by atoms with Crippen LogP contribution in [-0.2, 0) is 19.2 Å². The lowest BCUT2D eigenvalue weighted by atomic mass is 10.0. The number of nitrogens with one attached hydrogen (secondary N) is 1. The number of carbonyl (C=O) groups is 3. The first-order chi connectivity index (χ1) is 16.4. The van der Waals surface area contributed by atoms with E-state index in [1.165, 1.54) is 45.1 Å². The molecule has 4 rings (SSSR count). The van der Waals surface area contributed by atoms with Crippen LogP contribution >= 0.6 is 46.2 Å². The Balaban J connectivity index is 1.49. The molecule has 34 heavy (non-hydrogen) atoms. The second-order valence-electron chi connectivity index (χ2n) is 6.74. The zero-order valence-corrected chi connectivity index (χ0v) is 20.5. The van der Waals surface area contributed by atoms with Gasteiger partial charge >= 0.3 is 5.97 Å². The Morgan fingerprint density at radius 2 is 2.24 bits per heavy atom. The fourth-order valence-corrected chi connectivity index (χ4v) is 6.66. The molecule has 0 bridgehead atoms. The zero-order chi connectivity index (χ0) is 24.2. The number of anilines is 1. The summed E-state index contributed by atoms with van der Waals surface area (Å²) in [5.74, 6) is -1.68. The lowest BCUT2D eigenvalue weighted by Gasteiger charge is -2.49. The smallest absolute Gasteiger partial charge is 0.352 e. The molecule has 4 heterocycles. The van der Waals surface area contributed by atoms with Gasteiger partial charge in [-0.2, -0.15) is 0 Å². The Kier molecular flexibility index (Phi) is 7.67. The van der Waals surface area contributed by atoms with Gasteiger partial charge in [0.25, 0.3) is 11.8 Å². The van der Waals surface area contributed by atoms with Crippen LogP contribution in [0.25, 0.3) is 0 Å². The Bertz CT molecular complexity index is 1150. The number of oxime groups is 1. The van der Waals surface area contributed by atoms with Crippen molar-refractivity contribution in [3.8, 4) is 0 Å². The van der Waals surface area contributed by atoms with Crippen LogP contribution < -0.4 is 16.8 Å². The van der Waals surface area contributed by atoms with Gasteiger partial charge in [-0.05, 0) is 5.57 Å². The molecule has 2 aliphatic rings. The largest absolute Gasteiger partial charge is 0.477 e. The maximum atomic E-state index is 12.9. The number of aliphatic carboxylic acids is 1. The summed E-state index contributed by atoms with van der Waals surface area (Å²) in [5, 5.41) is 25.1. The molecular weight excluding hydrogens is 525 g/mol. The van der Waals surface area contributed by atoms with E-state index in [0.717, 1.165) is 11.3 Å². The van der Waals surface area contributed by atoms with Crippen molar-refractivity contribution < 1.29 is 24.3 Å². The molecule has 2 aromatic heterocycles. The minimum atomic E-state index is -1.20. The molecule has 0 radical (unpaired) electrons. The Labute approximate surface area is 209 Å². The number of nitrogen functional groups attached to an aromatic ring is 1. The third-order valence-corrected chi connectivity index (χ3v) is 8.55. The van der Waals surface area contributed by atoms with Crippen molar-refractivity contribution in [1.29, 1.82) is 0 Å². The van der Waals surface area contributed by atoms with Crippen molar-refractivity contribution in [2.24, 2.45) is 10.9 Å². The number of amides is 2. The number of thioether (sulfide) groups is 2. The highest BCUT2D eigenvalue weighted by Crippen LogP contribution is 2.41. The molecule has 0 saturated carbocycles. The van der Waals surface area contributed by atoms with E-state index < -0.39 is 29.2 Å². The van der Waals surface area contributed by atoms with Gasteiger partial charge in [0.15, 0.2) is 15.2 Å². The molecule has 1 saturated heterocycles. The molecule has 2 atom stereocenters. The number of hydrogen-bond donors (Lipinski definition) is 4. The Hall–Kier alpha value is -2.73. The number of carboxylic acids is 1. The second-order valence-corrected chi connectivity index (χ2v) is 10.8. The normalized spacial score (nSPS) is 20.1. The van der Waals surface area contributed by atoms with E-state index in [2.05, 4.69) is 25.7 Å². The van der Waals surface area contributed by atoms with Gasteiger partial charge in [-0.1, -0.05) is 28.3 Å². The van der Waals surface area contributed by atoms with Crippen molar-refractivity contribution in [3.05, 3.63) is 27.9 Å². The van der Waals surface area contributed by atoms with E-state index >= 15 is 0 Å². The van der Waals surface area contributed by atoms with Crippen molar-refractivity contribution in [1.82, 2.24) is 25.4 Å². The third-order valence-electron chi connectivity index (χ3n) is 4.59. The first-order valence-electron chi connectivity index (χ1n) is 9.62. The molecule has 0 aromatic carbocycles. The molecule has 1 fully saturated rings. The van der Waals surface area contributed by atoms with Crippen LogP contribution in [0, 0.1) is 0 Å². The van der Waals surface area contributed by atoms with Gasteiger partial charge < -0.3 is 26.7 Å². The van der Waals surface area contributed by atoms with Gasteiger partial charge in [0, 0.05) is 23.4 Å². The van der Waals surface area contributed by atoms with Gasteiger partial charge in [0.1, 0.15) is 34.9 Å². The van der Waals surface area contributed by atoms with Crippen molar-refractivity contribution in [2.75, 3.05) is 30.4 Å². The molecule has 1 unspecified atom stereocenters. The third kappa shape index (κ3) is 5.02. The molecule has 180 valence electrons. The molecule has 6 N–H and O–H groups in total. The Morgan fingerprint density at radius 1 is 1.41 bits per heavy atom. The molecule has 2 aromatic rings. The quantitative estimate of drug-likeness (QED) is 0.101. The number of hydrogen-bond acceptors (Lipinski definition) is 14. The number of fused-ring (bicyclic) bond motifs is 1. The van der Waals surface area contributed by atoms with Crippen LogP contribution in [0.3, 0.4) is 0 Å². The zero-order valence-electron chi connectivity index (χ0n) is 17.2. The average Bonchev–Trinajstić information content (AvgIpc) is 3.49. The molecule has 13 nitrogen and oxygen atoms in total. The predicted octanol–water partition coefficient (Wildman–Crippen LogP) is -0.213. The van der Waals surface area contributed by atoms with E-state index in [0.29, 0.717) is 21.4 Å². The fraction of sp³-hybridized carbons (Fsp3) is 0.353. The van der Waals surface area contributed by atoms with Gasteiger partial charge in [-0.3, -0.25) is 14.5 Å². The van der Waals surface area contributed by atoms with E-state index in [4.69, 9.17) is 16.3 Å². The maximum absolute atomic E-state index is 12.9. The summed E-state index contributed by atoms with van der Waals surface area (Å²) in [6.07, 6.45) is 0. The van der Waals surface area contributed by atoms with Crippen LogP contribution in [0.2, 0.25) is 0 Å². The summed E-state index contributed by atoms with van der Waals surface area (Å²) in [7, 11) is 0. The van der Waals surface area contributed by atoms with Crippen molar-refractivity contribution >= 4 is 74.8 Å². The summed E-state index contributed by atoms with van der Waals surface area (Å²) in [6, 6.07) is -0.931. The van der Waals surface area contributed by atoms with Crippen LogP contribution in [0.4, 0.5) is 5.13 Å². The van der Waals surface area contributed by atoms with Gasteiger partial charge in [0.05, 0.1) is 0 Å². The Morgan fingerprint density at radius 3 is 2.88 bits per heavy atom. The highest BCUT2D eigenvalue weighted by atomic mass is 32.2. The monoisotopic (exact) mass is 542 g/mol. The van der Waals surface area contributed by atoms with Crippen molar-refractivity contribution in [2.45, 2.75) is 15.8 Å². The molecule has 0 spiro atoms. The van der Waals surface area contributed by atoms with Gasteiger partial charge in [-0.25, -0.2) is 9.78 Å². The molecule has 2 amide bonds. The van der Waals surface area contributed by atoms with Crippen LogP contribution in [0.15, 0.2) is 31.7 Å². The number of carbonyl (C=O) groups excluding carboxylic acids is 2. The molecule has 17 heteroatoms. The minimum Gasteiger partial charge on any atom is -0.477 e. The second kappa shape index (κ2) is 10.7. The number of nitrogens with zero attached hydrogens (tertiary/aromatic N) is 5. The summed E-state index contributed by atoms with van der Waals surface area (Å²) in [4.78, 5) is 48.1. The molecule has 2 aliphatic heterocycles. The maximum Gasteiger partial charge on any atom is 0.352 e. The van der Waals surface area contributed by atoms with E-state index in [1.807, 2.05) is 0 Å². The number of rotatable bonds is 10. The van der Waals surface area contributed by atoms with Crippen LogP contribution in [0.5, 0.6) is 0 Å². The van der Waals surface area contributed by atoms with E-state index in [-0.39, 0.29) is 35.4 Å². The predicted molar refractivity (Wildman–Crippen MR) is 128 cm³/mol. The van der Waals surface area contributed by atoms with Gasteiger partial charge in [0.2, 0.25) is 0 Å². The highest BCUT2D eigenvalue weighted by molar-refractivity contribution is 8.01. The number of carboxylic acid groups (broad SMARTS) is 1. The molecule has 0 aliphatic carbocycles. The summed E-state index contributed by atoms with van der Waals surface area (Å²) < 4.78 is 0.704. The lowest BCUT2D eigenvalue weighted by Crippen LogP contribution is -2.71. The van der Waals surface area contributed by atoms with Crippen molar-refractivity contribution in [3.63, 3.8) is 0 Å². The number of nitrogens with two attached hydrogens (primary N) is 2. The molecular formula is C17H18N8O5S4. The first-order valence-corrected chi connectivity index (χ1v) is 13.4. The van der Waals surface area contributed by atoms with Crippen LogP contribution in [-0.4, -0.2) is 84.8 Å². The minimum absolute atomic E-state index is 0.0660. The lowest BCUT2D eigenvalue weighted by molar-refractivity contribution is -0.150. The van der Waals surface area contributed by atoms with Crippen LogP contribution in [0.1, 0.15) is 5.69 Å². The standard InChI is InChI=1S/C17H18N8O5S4/c18-1-2-30-24-9(8-5-32-16(19)21-8)12(26)22-10-13(27)25-11(15(28)29)7(3-31-14(10)25)4-33-17-23-20-6-34-17/h5-6,10,14H,1-4,18H2,(H2,19,21)(H,22,26)(H,28,29)/t10?,14-/m0/s1. The number of thiazole rings is 1. The fourth-order valence-electron chi connectivity index (χ4n) is 3.14.